The first-order chi connectivity index (χ1) is 16.1. The quantitative estimate of drug-likeness (QED) is 0.112. The van der Waals surface area contributed by atoms with Crippen molar-refractivity contribution in [3.05, 3.63) is 24.3 Å². The van der Waals surface area contributed by atoms with Gasteiger partial charge in [0.2, 0.25) is 0 Å². The lowest BCUT2D eigenvalue weighted by atomic mass is 9.82. The molecule has 12 nitrogen and oxygen atoms in total. The van der Waals surface area contributed by atoms with Crippen molar-refractivity contribution in [1.29, 1.82) is 0 Å². The molecule has 0 aliphatic carbocycles. The third-order valence-electron chi connectivity index (χ3n) is 4.43. The van der Waals surface area contributed by atoms with Crippen molar-refractivity contribution < 1.29 is 48.3 Å². The number of rotatable bonds is 15. The maximum Gasteiger partial charge on any atom is 0.410 e. The molecule has 4 N–H and O–H groups in total. The minimum atomic E-state index is -2.86. The summed E-state index contributed by atoms with van der Waals surface area (Å²) in [6, 6.07) is 0. The zero-order valence-corrected chi connectivity index (χ0v) is 21.1. The van der Waals surface area contributed by atoms with Crippen LogP contribution >= 0.6 is 0 Å². The maximum absolute atomic E-state index is 12.2. The number of hydrogen-bond donors (Lipinski definition) is 4. The van der Waals surface area contributed by atoms with Crippen LogP contribution in [0.2, 0.25) is 0 Å². The first kappa shape index (κ1) is 31.9. The topological polar surface area (TPSA) is 170 Å². The van der Waals surface area contributed by atoms with Gasteiger partial charge in [-0.15, -0.1) is 0 Å². The fourth-order valence-corrected chi connectivity index (χ4v) is 2.79. The van der Waals surface area contributed by atoms with Gasteiger partial charge in [-0.1, -0.05) is 33.9 Å². The Morgan fingerprint density at radius 1 is 0.943 bits per heavy atom. The van der Waals surface area contributed by atoms with E-state index in [1.165, 1.54) is 13.8 Å². The number of ether oxygens (including phenoxy) is 4. The van der Waals surface area contributed by atoms with E-state index >= 15 is 0 Å². The Labute approximate surface area is 205 Å². The SMILES string of the molecule is C=C(C)C(=O)OC(O)(COC(=O)NCC(C)(C)CC(C)CCNC(=O)OCCO)OC(=O)C(=C)C. The molecule has 0 spiro atoms. The Hall–Kier alpha value is -3.12. The van der Waals surface area contributed by atoms with Gasteiger partial charge in [-0.25, -0.2) is 19.2 Å². The number of nitrogens with one attached hydrogen (secondary N) is 2. The van der Waals surface area contributed by atoms with Gasteiger partial charge in [0.15, 0.2) is 6.61 Å². The number of carbonyl (C=O) groups excluding carboxylic acids is 4. The monoisotopic (exact) mass is 502 g/mol. The summed E-state index contributed by atoms with van der Waals surface area (Å²) in [6.45, 7) is 14.5. The fourth-order valence-electron chi connectivity index (χ4n) is 2.79. The maximum atomic E-state index is 12.2. The molecule has 0 rings (SSSR count). The van der Waals surface area contributed by atoms with Crippen LogP contribution in [0.15, 0.2) is 24.3 Å². The van der Waals surface area contributed by atoms with Gasteiger partial charge in [-0.05, 0) is 38.0 Å². The van der Waals surface area contributed by atoms with Gasteiger partial charge in [0.1, 0.15) is 6.61 Å². The molecule has 1 unspecified atom stereocenters. The highest BCUT2D eigenvalue weighted by Crippen LogP contribution is 2.26. The number of aliphatic hydroxyl groups is 2. The van der Waals surface area contributed by atoms with Crippen molar-refractivity contribution in [2.75, 3.05) is 32.9 Å². The van der Waals surface area contributed by atoms with Crippen LogP contribution in [0.1, 0.15) is 47.5 Å². The highest BCUT2D eigenvalue weighted by molar-refractivity contribution is 5.88. The Morgan fingerprint density at radius 2 is 1.46 bits per heavy atom. The van der Waals surface area contributed by atoms with Crippen molar-refractivity contribution >= 4 is 24.1 Å². The average Bonchev–Trinajstić information content (AvgIpc) is 2.74. The molecule has 0 aliphatic heterocycles. The molecule has 200 valence electrons. The molecule has 0 heterocycles. The van der Waals surface area contributed by atoms with Crippen molar-refractivity contribution in [3.63, 3.8) is 0 Å². The normalized spacial score (nSPS) is 12.1. The van der Waals surface area contributed by atoms with Gasteiger partial charge in [0.25, 0.3) is 0 Å². The molecule has 0 aromatic carbocycles. The molecule has 0 aliphatic rings. The molecule has 0 aromatic rings. The summed E-state index contributed by atoms with van der Waals surface area (Å²) in [5.41, 5.74) is -0.509. The van der Waals surface area contributed by atoms with Crippen molar-refractivity contribution in [2.45, 2.75) is 53.4 Å². The minimum absolute atomic E-state index is 0.0692. The van der Waals surface area contributed by atoms with Crippen LogP contribution in [-0.4, -0.2) is 73.2 Å². The molecule has 0 fully saturated rings. The standard InChI is InChI=1S/C23H38N2O10/c1-15(2)18(27)34-23(31,35-19(28)16(3)4)14-33-21(30)25-13-22(6,7)12-17(5)8-9-24-20(29)32-11-10-26/h17,26,31H,1,3,8-14H2,2,4-7H3,(H,24,29)(H,25,30). The summed E-state index contributed by atoms with van der Waals surface area (Å²) >= 11 is 0. The second-order valence-corrected chi connectivity index (χ2v) is 9.03. The largest absolute Gasteiger partial charge is 0.447 e. The van der Waals surface area contributed by atoms with Crippen LogP contribution in [0.5, 0.6) is 0 Å². The highest BCUT2D eigenvalue weighted by atomic mass is 16.9. The number of esters is 2. The lowest BCUT2D eigenvalue weighted by Crippen LogP contribution is -2.46. The van der Waals surface area contributed by atoms with Gasteiger partial charge in [0, 0.05) is 24.2 Å². The van der Waals surface area contributed by atoms with Crippen LogP contribution in [0, 0.1) is 11.3 Å². The predicted octanol–water partition coefficient (Wildman–Crippen LogP) is 1.76. The van der Waals surface area contributed by atoms with Crippen LogP contribution < -0.4 is 10.6 Å². The molecule has 0 saturated carbocycles. The second-order valence-electron chi connectivity index (χ2n) is 9.03. The van der Waals surface area contributed by atoms with E-state index in [-0.39, 0.29) is 42.2 Å². The van der Waals surface area contributed by atoms with Gasteiger partial charge in [0.05, 0.1) is 6.61 Å². The lowest BCUT2D eigenvalue weighted by molar-refractivity contribution is -0.333. The predicted molar refractivity (Wildman–Crippen MR) is 125 cm³/mol. The van der Waals surface area contributed by atoms with E-state index < -0.39 is 36.7 Å². The lowest BCUT2D eigenvalue weighted by Gasteiger charge is -2.29. The van der Waals surface area contributed by atoms with E-state index in [2.05, 4.69) is 23.8 Å². The Morgan fingerprint density at radius 3 is 1.94 bits per heavy atom. The molecular weight excluding hydrogens is 464 g/mol. The third-order valence-corrected chi connectivity index (χ3v) is 4.43. The van der Waals surface area contributed by atoms with Crippen LogP contribution in [0.3, 0.4) is 0 Å². The highest BCUT2D eigenvalue weighted by Gasteiger charge is 2.39. The minimum Gasteiger partial charge on any atom is -0.447 e. The van der Waals surface area contributed by atoms with Crippen LogP contribution in [0.4, 0.5) is 9.59 Å². The summed E-state index contributed by atoms with van der Waals surface area (Å²) in [5.74, 6) is -4.79. The molecule has 35 heavy (non-hydrogen) atoms. The molecular formula is C23H38N2O10. The van der Waals surface area contributed by atoms with E-state index in [1.807, 2.05) is 20.8 Å². The Kier molecular flexibility index (Phi) is 13.7. The third kappa shape index (κ3) is 14.7. The van der Waals surface area contributed by atoms with Gasteiger partial charge >= 0.3 is 30.1 Å². The first-order valence-electron chi connectivity index (χ1n) is 11.0. The Bertz CT molecular complexity index is 750. The molecule has 1 atom stereocenters. The van der Waals surface area contributed by atoms with Crippen LogP contribution in [-0.2, 0) is 28.5 Å². The zero-order chi connectivity index (χ0) is 27.2. The van der Waals surface area contributed by atoms with Crippen LogP contribution in [0.25, 0.3) is 0 Å². The number of hydrogen-bond acceptors (Lipinski definition) is 10. The van der Waals surface area contributed by atoms with E-state index in [1.54, 1.807) is 0 Å². The fraction of sp³-hybridized carbons (Fsp3) is 0.652. The van der Waals surface area contributed by atoms with Gasteiger partial charge < -0.3 is 39.8 Å². The number of amides is 2. The van der Waals surface area contributed by atoms with Gasteiger partial charge in [-0.3, -0.25) is 0 Å². The molecule has 2 amide bonds. The van der Waals surface area contributed by atoms with E-state index in [0.29, 0.717) is 19.4 Å². The molecule has 0 saturated heterocycles. The molecule has 0 bridgehead atoms. The summed E-state index contributed by atoms with van der Waals surface area (Å²) in [5, 5.41) is 24.2. The summed E-state index contributed by atoms with van der Waals surface area (Å²) in [4.78, 5) is 47.1. The summed E-state index contributed by atoms with van der Waals surface area (Å²) in [6.07, 6.45) is -0.179. The number of carbonyl (C=O) groups is 4. The van der Waals surface area contributed by atoms with E-state index in [9.17, 15) is 24.3 Å². The van der Waals surface area contributed by atoms with Gasteiger partial charge in [-0.2, -0.15) is 0 Å². The molecule has 12 heteroatoms. The number of aliphatic hydroxyl groups excluding tert-OH is 1. The Balaban J connectivity index is 4.69. The molecule has 0 radical (unpaired) electrons. The van der Waals surface area contributed by atoms with E-state index in [0.717, 1.165) is 0 Å². The summed E-state index contributed by atoms with van der Waals surface area (Å²) < 4.78 is 19.1. The summed E-state index contributed by atoms with van der Waals surface area (Å²) in [7, 11) is 0. The van der Waals surface area contributed by atoms with E-state index in [4.69, 9.17) is 24.1 Å². The molecule has 0 aromatic heterocycles. The smallest absolute Gasteiger partial charge is 0.410 e. The van der Waals surface area contributed by atoms with Crippen molar-refractivity contribution in [3.8, 4) is 0 Å². The average molecular weight is 503 g/mol. The first-order valence-corrected chi connectivity index (χ1v) is 11.0. The second kappa shape index (κ2) is 15.0. The van der Waals surface area contributed by atoms with Crippen molar-refractivity contribution in [1.82, 2.24) is 10.6 Å². The number of alkyl carbamates (subject to hydrolysis) is 2. The van der Waals surface area contributed by atoms with Crippen molar-refractivity contribution in [2.24, 2.45) is 11.3 Å². The zero-order valence-electron chi connectivity index (χ0n) is 21.1.